The lowest BCUT2D eigenvalue weighted by Crippen LogP contribution is -2.47. The zero-order valence-corrected chi connectivity index (χ0v) is 14.6. The maximum atomic E-state index is 12.9. The number of hydrogen-bond donors (Lipinski definition) is 2. The van der Waals surface area contributed by atoms with Gasteiger partial charge < -0.3 is 20.3 Å². The molecule has 0 bridgehead atoms. The van der Waals surface area contributed by atoms with E-state index in [1.807, 2.05) is 0 Å². The highest BCUT2D eigenvalue weighted by Crippen LogP contribution is 2.30. The van der Waals surface area contributed by atoms with Gasteiger partial charge in [-0.2, -0.15) is 36.3 Å². The van der Waals surface area contributed by atoms with Crippen molar-refractivity contribution in [3.8, 4) is 0 Å². The fourth-order valence-corrected chi connectivity index (χ4v) is 2.60. The number of rotatable bonds is 3. The van der Waals surface area contributed by atoms with E-state index in [1.165, 1.54) is 17.0 Å². The Morgan fingerprint density at radius 2 is 2.00 bits per heavy atom. The summed E-state index contributed by atoms with van der Waals surface area (Å²) in [4.78, 5) is 20.9. The summed E-state index contributed by atoms with van der Waals surface area (Å²) in [6, 6.07) is 4.19. The van der Waals surface area contributed by atoms with Crippen LogP contribution in [-0.2, 0) is 15.7 Å². The van der Waals surface area contributed by atoms with Crippen LogP contribution in [0.15, 0.2) is 34.3 Å². The van der Waals surface area contributed by atoms with E-state index in [-0.39, 0.29) is 42.9 Å². The molecular weight excluding hydrogens is 408 g/mol. The van der Waals surface area contributed by atoms with Crippen LogP contribution in [0.2, 0.25) is 0 Å². The molecule has 2 N–H and O–H groups in total. The number of alkyl halides is 6. The Balaban J connectivity index is 1.80. The molecule has 2 aliphatic rings. The Hall–Kier alpha value is -2.83. The minimum atomic E-state index is -4.61. The van der Waals surface area contributed by atoms with Crippen molar-refractivity contribution < 1.29 is 35.9 Å². The second kappa shape index (κ2) is 7.89. The molecule has 0 aliphatic carbocycles. The summed E-state index contributed by atoms with van der Waals surface area (Å²) in [5, 5.41) is 5.00. The molecule has 1 atom stereocenters. The van der Waals surface area contributed by atoms with Gasteiger partial charge in [-0.1, -0.05) is 6.07 Å². The van der Waals surface area contributed by atoms with Crippen LogP contribution in [0.4, 0.5) is 32.0 Å². The number of guanidine groups is 2. The summed E-state index contributed by atoms with van der Waals surface area (Å²) >= 11 is 0. The molecule has 29 heavy (non-hydrogen) atoms. The van der Waals surface area contributed by atoms with Crippen LogP contribution in [0.25, 0.3) is 0 Å². The van der Waals surface area contributed by atoms with E-state index in [1.54, 1.807) is 0 Å². The number of ketones is 1. The lowest BCUT2D eigenvalue weighted by molar-refractivity contribution is -0.186. The summed E-state index contributed by atoms with van der Waals surface area (Å²) in [6.45, 7) is -1.35. The van der Waals surface area contributed by atoms with E-state index in [0.717, 1.165) is 12.1 Å². The van der Waals surface area contributed by atoms with E-state index in [9.17, 15) is 31.1 Å². The van der Waals surface area contributed by atoms with E-state index < -0.39 is 30.9 Å². The number of halogens is 6. The predicted molar refractivity (Wildman–Crippen MR) is 90.1 cm³/mol. The number of Topliss-reactive ketones (excluding diaryl/α,β-unsaturated/α-hetero) is 1. The van der Waals surface area contributed by atoms with Crippen molar-refractivity contribution >= 4 is 23.4 Å². The highest BCUT2D eigenvalue weighted by atomic mass is 19.4. The zero-order chi connectivity index (χ0) is 21.2. The van der Waals surface area contributed by atoms with E-state index in [4.69, 9.17) is 0 Å². The summed E-state index contributed by atoms with van der Waals surface area (Å²) in [6.07, 6.45) is -10.4. The van der Waals surface area contributed by atoms with Crippen molar-refractivity contribution in [2.75, 3.05) is 25.0 Å². The SMILES string of the molecule is O=C1CCN(C2=NC(OCC(F)(F)F)NC(Nc3cccc(C(F)(F)F)c3)=N2)C1. The van der Waals surface area contributed by atoms with Gasteiger partial charge in [-0.05, 0) is 18.2 Å². The quantitative estimate of drug-likeness (QED) is 0.731. The average molecular weight is 423 g/mol. The summed E-state index contributed by atoms with van der Waals surface area (Å²) in [7, 11) is 0. The van der Waals surface area contributed by atoms with Gasteiger partial charge in [0, 0.05) is 18.7 Å². The fraction of sp³-hybridized carbons (Fsp3) is 0.438. The van der Waals surface area contributed by atoms with Gasteiger partial charge >= 0.3 is 12.4 Å². The van der Waals surface area contributed by atoms with Crippen LogP contribution in [-0.4, -0.2) is 54.8 Å². The van der Waals surface area contributed by atoms with Crippen molar-refractivity contribution in [3.63, 3.8) is 0 Å². The minimum absolute atomic E-state index is 0.000560. The first-order chi connectivity index (χ1) is 13.5. The Morgan fingerprint density at radius 3 is 2.62 bits per heavy atom. The monoisotopic (exact) mass is 423 g/mol. The molecule has 1 fully saturated rings. The van der Waals surface area contributed by atoms with Gasteiger partial charge in [-0.15, -0.1) is 0 Å². The van der Waals surface area contributed by atoms with Crippen LogP contribution < -0.4 is 10.6 Å². The largest absolute Gasteiger partial charge is 0.416 e. The number of anilines is 1. The van der Waals surface area contributed by atoms with Crippen LogP contribution >= 0.6 is 0 Å². The van der Waals surface area contributed by atoms with Gasteiger partial charge in [0.1, 0.15) is 6.61 Å². The third-order valence-electron chi connectivity index (χ3n) is 3.87. The molecule has 2 aliphatic heterocycles. The van der Waals surface area contributed by atoms with Gasteiger partial charge in [-0.3, -0.25) is 4.79 Å². The molecule has 0 radical (unpaired) electrons. The molecule has 1 saturated heterocycles. The molecule has 1 unspecified atom stereocenters. The number of hydrogen-bond acceptors (Lipinski definition) is 7. The average Bonchev–Trinajstić information content (AvgIpc) is 3.05. The Morgan fingerprint density at radius 1 is 1.24 bits per heavy atom. The fourth-order valence-electron chi connectivity index (χ4n) is 2.60. The maximum absolute atomic E-state index is 12.9. The van der Waals surface area contributed by atoms with Gasteiger partial charge in [-0.25, -0.2) is 0 Å². The Labute approximate surface area is 160 Å². The number of likely N-dealkylation sites (tertiary alicyclic amines) is 1. The second-order valence-electron chi connectivity index (χ2n) is 6.23. The first-order valence-corrected chi connectivity index (χ1v) is 8.32. The van der Waals surface area contributed by atoms with E-state index in [0.29, 0.717) is 0 Å². The maximum Gasteiger partial charge on any atom is 0.416 e. The molecule has 0 spiro atoms. The first kappa shape index (κ1) is 20.9. The van der Waals surface area contributed by atoms with Crippen molar-refractivity contribution in [2.45, 2.75) is 25.1 Å². The minimum Gasteiger partial charge on any atom is -0.333 e. The molecule has 13 heteroatoms. The van der Waals surface area contributed by atoms with Crippen LogP contribution in [0.3, 0.4) is 0 Å². The standard InChI is InChI=1S/C16H15F6N5O2/c17-15(18,19)8-29-14-25-12(24-13(26-14)27-5-4-11(28)7-27)23-10-3-1-2-9(6-10)16(20,21)22/h1-3,6,14H,4-5,7-8H2,(H2,23,24,25,26). The number of aliphatic imine (C=N–C) groups is 2. The highest BCUT2D eigenvalue weighted by molar-refractivity contribution is 6.04. The molecule has 3 rings (SSSR count). The number of nitrogens with one attached hydrogen (secondary N) is 2. The molecular formula is C16H15F6N5O2. The summed E-state index contributed by atoms with van der Waals surface area (Å²) < 4.78 is 80.6. The number of nitrogens with zero attached hydrogens (tertiary/aromatic N) is 3. The van der Waals surface area contributed by atoms with Gasteiger partial charge in [0.15, 0.2) is 5.78 Å². The van der Waals surface area contributed by atoms with Crippen molar-refractivity contribution in [1.29, 1.82) is 0 Å². The van der Waals surface area contributed by atoms with Gasteiger partial charge in [0.2, 0.25) is 18.3 Å². The Kier molecular flexibility index (Phi) is 5.68. The smallest absolute Gasteiger partial charge is 0.333 e. The normalized spacial score (nSPS) is 20.3. The van der Waals surface area contributed by atoms with Crippen LogP contribution in [0.5, 0.6) is 0 Å². The van der Waals surface area contributed by atoms with E-state index in [2.05, 4.69) is 25.4 Å². The summed E-state index contributed by atoms with van der Waals surface area (Å²) in [5.74, 6) is -0.321. The lowest BCUT2D eigenvalue weighted by Gasteiger charge is -2.27. The highest BCUT2D eigenvalue weighted by Gasteiger charge is 2.33. The molecule has 158 valence electrons. The molecule has 0 saturated carbocycles. The van der Waals surface area contributed by atoms with Crippen molar-refractivity contribution in [3.05, 3.63) is 29.8 Å². The van der Waals surface area contributed by atoms with Gasteiger partial charge in [0.25, 0.3) is 0 Å². The van der Waals surface area contributed by atoms with Crippen molar-refractivity contribution in [2.24, 2.45) is 9.98 Å². The molecule has 0 aromatic heterocycles. The number of carbonyl (C=O) groups is 1. The number of ether oxygens (including phenoxy) is 1. The van der Waals surface area contributed by atoms with Gasteiger partial charge in [0.05, 0.1) is 12.1 Å². The first-order valence-electron chi connectivity index (χ1n) is 8.32. The van der Waals surface area contributed by atoms with E-state index >= 15 is 0 Å². The molecule has 7 nitrogen and oxygen atoms in total. The Bertz CT molecular complexity index is 836. The number of carbonyl (C=O) groups excluding carboxylic acids is 1. The zero-order valence-electron chi connectivity index (χ0n) is 14.6. The van der Waals surface area contributed by atoms with Crippen LogP contribution in [0.1, 0.15) is 12.0 Å². The lowest BCUT2D eigenvalue weighted by atomic mass is 10.2. The topological polar surface area (TPSA) is 78.3 Å². The third kappa shape index (κ3) is 5.82. The number of benzene rings is 1. The predicted octanol–water partition coefficient (Wildman–Crippen LogP) is 2.57. The summed E-state index contributed by atoms with van der Waals surface area (Å²) in [5.41, 5.74) is -0.915. The molecule has 1 aromatic rings. The van der Waals surface area contributed by atoms with Crippen molar-refractivity contribution in [1.82, 2.24) is 10.2 Å². The molecule has 0 amide bonds. The second-order valence-corrected chi connectivity index (χ2v) is 6.23. The third-order valence-corrected chi connectivity index (χ3v) is 3.87. The van der Waals surface area contributed by atoms with Crippen LogP contribution in [0, 0.1) is 0 Å². The molecule has 2 heterocycles. The molecule has 1 aromatic carbocycles.